The first kappa shape index (κ1) is 20.5. The van der Waals surface area contributed by atoms with Crippen LogP contribution in [0.2, 0.25) is 0 Å². The topological polar surface area (TPSA) is 70.7 Å². The lowest BCUT2D eigenvalue weighted by Crippen LogP contribution is -2.29. The highest BCUT2D eigenvalue weighted by molar-refractivity contribution is 5.99. The number of hydrogen-bond donors (Lipinski definition) is 1. The summed E-state index contributed by atoms with van der Waals surface area (Å²) in [5.74, 6) is -0.752. The van der Waals surface area contributed by atoms with Crippen molar-refractivity contribution in [2.45, 2.75) is 26.3 Å². The van der Waals surface area contributed by atoms with Gasteiger partial charge in [-0.3, -0.25) is 4.79 Å². The van der Waals surface area contributed by atoms with Gasteiger partial charge in [-0.25, -0.2) is 9.37 Å². The van der Waals surface area contributed by atoms with E-state index in [1.807, 2.05) is 37.3 Å². The molecule has 2 heterocycles. The Morgan fingerprint density at radius 1 is 1.16 bits per heavy atom. The minimum Gasteiger partial charge on any atom is -0.493 e. The van der Waals surface area contributed by atoms with Gasteiger partial charge in [0.25, 0.3) is 5.91 Å². The maximum absolute atomic E-state index is 14.1. The van der Waals surface area contributed by atoms with E-state index < -0.39 is 0 Å². The van der Waals surface area contributed by atoms with Gasteiger partial charge in [-0.1, -0.05) is 48.5 Å². The van der Waals surface area contributed by atoms with E-state index in [9.17, 15) is 14.3 Å². The van der Waals surface area contributed by atoms with Crippen LogP contribution in [-0.2, 0) is 6.42 Å². The maximum Gasteiger partial charge on any atom is 0.259 e. The van der Waals surface area contributed by atoms with Gasteiger partial charge in [-0.15, -0.1) is 0 Å². The number of nitrogens with zero attached hydrogens (tertiary/aromatic N) is 4. The summed E-state index contributed by atoms with van der Waals surface area (Å²) in [5, 5.41) is 15.0. The number of rotatable bonds is 5. The molecule has 0 bridgehead atoms. The lowest BCUT2D eigenvalue weighted by molar-refractivity contribution is 0.0744. The Morgan fingerprint density at radius 2 is 1.84 bits per heavy atom. The molecule has 0 saturated carbocycles. The van der Waals surface area contributed by atoms with E-state index in [1.165, 1.54) is 16.8 Å². The predicted octanol–water partition coefficient (Wildman–Crippen LogP) is 4.31. The molecule has 0 saturated heterocycles. The Labute approximate surface area is 179 Å². The molecule has 0 aliphatic carbocycles. The van der Waals surface area contributed by atoms with E-state index in [-0.39, 0.29) is 35.7 Å². The monoisotopic (exact) mass is 418 g/mol. The highest BCUT2D eigenvalue weighted by Gasteiger charge is 2.25. The van der Waals surface area contributed by atoms with Crippen molar-refractivity contribution in [1.82, 2.24) is 19.5 Å². The molecular formula is C24H23FN4O2. The Kier molecular flexibility index (Phi) is 5.42. The summed E-state index contributed by atoms with van der Waals surface area (Å²) in [4.78, 5) is 19.3. The number of aryl methyl sites for hydroxylation is 1. The summed E-state index contributed by atoms with van der Waals surface area (Å²) in [6.45, 7) is 3.68. The fourth-order valence-electron chi connectivity index (χ4n) is 3.63. The smallest absolute Gasteiger partial charge is 0.259 e. The first-order valence-electron chi connectivity index (χ1n) is 10.00. The molecule has 6 nitrogen and oxygen atoms in total. The van der Waals surface area contributed by atoms with Crippen molar-refractivity contribution in [2.75, 3.05) is 7.05 Å². The third-order valence-electron chi connectivity index (χ3n) is 5.66. The van der Waals surface area contributed by atoms with Crippen LogP contribution in [0.15, 0.2) is 60.8 Å². The number of aromatic hydroxyl groups is 1. The summed E-state index contributed by atoms with van der Waals surface area (Å²) < 4.78 is 15.3. The van der Waals surface area contributed by atoms with Gasteiger partial charge in [-0.05, 0) is 31.0 Å². The van der Waals surface area contributed by atoms with E-state index in [2.05, 4.69) is 10.1 Å². The lowest BCUT2D eigenvalue weighted by Gasteiger charge is -2.25. The van der Waals surface area contributed by atoms with Gasteiger partial charge >= 0.3 is 0 Å². The van der Waals surface area contributed by atoms with Crippen molar-refractivity contribution in [3.63, 3.8) is 0 Å². The van der Waals surface area contributed by atoms with Gasteiger partial charge < -0.3 is 10.0 Å². The highest BCUT2D eigenvalue weighted by Crippen LogP contribution is 2.28. The number of carbonyl (C=O) groups excluding carboxylic acids is 1. The minimum atomic E-state index is -0.353. The zero-order valence-corrected chi connectivity index (χ0v) is 17.6. The molecular weight excluding hydrogens is 395 g/mol. The van der Waals surface area contributed by atoms with Gasteiger partial charge in [0.15, 0.2) is 5.65 Å². The largest absolute Gasteiger partial charge is 0.493 e. The number of hydrogen-bond acceptors (Lipinski definition) is 4. The second-order valence-corrected chi connectivity index (χ2v) is 7.56. The van der Waals surface area contributed by atoms with Crippen molar-refractivity contribution in [3.8, 4) is 5.88 Å². The molecule has 0 aliphatic heterocycles. The molecule has 4 aromatic rings. The van der Waals surface area contributed by atoms with E-state index >= 15 is 0 Å². The molecule has 0 fully saturated rings. The average Bonchev–Trinajstić information content (AvgIpc) is 3.20. The van der Waals surface area contributed by atoms with Crippen LogP contribution >= 0.6 is 0 Å². The zero-order valence-electron chi connectivity index (χ0n) is 17.6. The van der Waals surface area contributed by atoms with Gasteiger partial charge in [-0.2, -0.15) is 9.61 Å². The number of aromatic nitrogens is 3. The summed E-state index contributed by atoms with van der Waals surface area (Å²) in [5.41, 5.74) is 2.99. The van der Waals surface area contributed by atoms with Crippen LogP contribution in [0.25, 0.3) is 5.65 Å². The molecule has 2 aromatic heterocycles. The molecule has 1 atom stereocenters. The van der Waals surface area contributed by atoms with E-state index in [0.717, 1.165) is 5.56 Å². The second-order valence-electron chi connectivity index (χ2n) is 7.56. The van der Waals surface area contributed by atoms with E-state index in [4.69, 9.17) is 0 Å². The van der Waals surface area contributed by atoms with E-state index in [1.54, 1.807) is 37.1 Å². The Hall–Kier alpha value is -3.74. The minimum absolute atomic E-state index is 0.149. The molecule has 1 N–H and O–H groups in total. The van der Waals surface area contributed by atoms with Crippen molar-refractivity contribution < 1.29 is 14.3 Å². The fourth-order valence-corrected chi connectivity index (χ4v) is 3.63. The molecule has 7 heteroatoms. The molecule has 0 radical (unpaired) electrons. The zero-order chi connectivity index (χ0) is 22.1. The molecule has 2 aromatic carbocycles. The van der Waals surface area contributed by atoms with Crippen molar-refractivity contribution >= 4 is 11.6 Å². The van der Waals surface area contributed by atoms with Crippen LogP contribution in [0.5, 0.6) is 5.88 Å². The first-order valence-corrected chi connectivity index (χ1v) is 10.00. The van der Waals surface area contributed by atoms with Crippen LogP contribution in [-0.4, -0.2) is 37.6 Å². The van der Waals surface area contributed by atoms with Gasteiger partial charge in [0.05, 0.1) is 12.2 Å². The molecule has 4 rings (SSSR count). The fraction of sp³-hybridized carbons (Fsp3) is 0.208. The third kappa shape index (κ3) is 3.74. The number of amides is 1. The maximum atomic E-state index is 14.1. The summed E-state index contributed by atoms with van der Waals surface area (Å²) in [7, 11) is 1.72. The normalized spacial score (nSPS) is 12.1. The molecule has 0 aliphatic rings. The van der Waals surface area contributed by atoms with Crippen LogP contribution < -0.4 is 0 Å². The Morgan fingerprint density at radius 3 is 2.55 bits per heavy atom. The Balaban J connectivity index is 1.69. The highest BCUT2D eigenvalue weighted by atomic mass is 19.1. The third-order valence-corrected chi connectivity index (χ3v) is 5.66. The van der Waals surface area contributed by atoms with Crippen LogP contribution in [0.3, 0.4) is 0 Å². The van der Waals surface area contributed by atoms with Gasteiger partial charge in [0, 0.05) is 24.7 Å². The second kappa shape index (κ2) is 8.18. The molecule has 31 heavy (non-hydrogen) atoms. The summed E-state index contributed by atoms with van der Waals surface area (Å²) in [6, 6.07) is 16.0. The average molecular weight is 418 g/mol. The number of carbonyl (C=O) groups is 1. The standard InChI is InChI=1S/C24H23FN4O2/c1-15-19(13-18-11-7-8-12-21(18)25)24(31)29-22(27-15)20(14-26-29)23(30)28(3)16(2)17-9-5-4-6-10-17/h4-12,14,16,31H,13H2,1-3H3. The van der Waals surface area contributed by atoms with Gasteiger partial charge in [0.1, 0.15) is 11.4 Å². The number of fused-ring (bicyclic) bond motifs is 1. The lowest BCUT2D eigenvalue weighted by atomic mass is 10.0. The predicted molar refractivity (Wildman–Crippen MR) is 116 cm³/mol. The molecule has 1 amide bonds. The van der Waals surface area contributed by atoms with Crippen LogP contribution in [0.4, 0.5) is 4.39 Å². The molecule has 1 unspecified atom stereocenters. The van der Waals surface area contributed by atoms with Crippen molar-refractivity contribution in [2.24, 2.45) is 0 Å². The van der Waals surface area contributed by atoms with Crippen LogP contribution in [0, 0.1) is 12.7 Å². The van der Waals surface area contributed by atoms with Crippen molar-refractivity contribution in [1.29, 1.82) is 0 Å². The Bertz CT molecular complexity index is 1250. The van der Waals surface area contributed by atoms with E-state index in [0.29, 0.717) is 22.4 Å². The number of benzene rings is 2. The molecule has 158 valence electrons. The van der Waals surface area contributed by atoms with Crippen LogP contribution in [0.1, 0.15) is 45.7 Å². The van der Waals surface area contributed by atoms with Crippen molar-refractivity contribution in [3.05, 3.63) is 94.6 Å². The quantitative estimate of drug-likeness (QED) is 0.524. The summed E-state index contributed by atoms with van der Waals surface area (Å²) in [6.07, 6.45) is 1.58. The SMILES string of the molecule is Cc1nc2c(C(=O)N(C)C(C)c3ccccc3)cnn2c(O)c1Cc1ccccc1F. The number of halogens is 1. The summed E-state index contributed by atoms with van der Waals surface area (Å²) >= 11 is 0. The van der Waals surface area contributed by atoms with Gasteiger partial charge in [0.2, 0.25) is 5.88 Å². The molecule has 0 spiro atoms. The first-order chi connectivity index (χ1) is 14.9.